The van der Waals surface area contributed by atoms with Gasteiger partial charge in [0, 0.05) is 56.1 Å². The highest BCUT2D eigenvalue weighted by Gasteiger charge is 2.23. The molecule has 3 aromatic rings. The van der Waals surface area contributed by atoms with Crippen LogP contribution in [0, 0.1) is 5.92 Å². The van der Waals surface area contributed by atoms with Gasteiger partial charge in [-0.15, -0.1) is 0 Å². The molecule has 1 aromatic heterocycles. The minimum Gasteiger partial charge on any atom is -0.326 e. The summed E-state index contributed by atoms with van der Waals surface area (Å²) in [4.78, 5) is 33.1. The molecular weight excluding hydrogens is 414 g/mol. The Morgan fingerprint density at radius 2 is 1.70 bits per heavy atom. The van der Waals surface area contributed by atoms with Crippen molar-refractivity contribution in [3.05, 3.63) is 66.4 Å². The van der Waals surface area contributed by atoms with Crippen LogP contribution in [0.2, 0.25) is 0 Å². The zero-order valence-corrected chi connectivity index (χ0v) is 19.3. The second-order valence-electron chi connectivity index (χ2n) is 8.87. The van der Waals surface area contributed by atoms with Gasteiger partial charge in [0.25, 0.3) is 0 Å². The molecule has 0 spiro atoms. The number of rotatable bonds is 6. The van der Waals surface area contributed by atoms with Crippen LogP contribution in [0.5, 0.6) is 0 Å². The molecule has 7 nitrogen and oxygen atoms in total. The third-order valence-electron chi connectivity index (χ3n) is 5.97. The lowest BCUT2D eigenvalue weighted by molar-refractivity contribution is -0.117. The Kier molecular flexibility index (Phi) is 7.32. The van der Waals surface area contributed by atoms with Gasteiger partial charge in [-0.1, -0.05) is 24.3 Å². The van der Waals surface area contributed by atoms with Crippen molar-refractivity contribution in [1.82, 2.24) is 14.8 Å². The van der Waals surface area contributed by atoms with E-state index in [0.717, 1.165) is 49.2 Å². The molecule has 1 aliphatic heterocycles. The molecule has 1 saturated heterocycles. The molecule has 0 aliphatic carbocycles. The third-order valence-corrected chi connectivity index (χ3v) is 5.97. The van der Waals surface area contributed by atoms with E-state index in [9.17, 15) is 9.59 Å². The molecule has 0 bridgehead atoms. The summed E-state index contributed by atoms with van der Waals surface area (Å²) in [5.41, 5.74) is 3.76. The van der Waals surface area contributed by atoms with Crippen molar-refractivity contribution in [2.75, 3.05) is 50.4 Å². The first-order chi connectivity index (χ1) is 16.0. The molecule has 2 aromatic carbocycles. The fourth-order valence-corrected chi connectivity index (χ4v) is 4.52. The predicted octanol–water partition coefficient (Wildman–Crippen LogP) is 3.24. The lowest BCUT2D eigenvalue weighted by Gasteiger charge is -2.24. The Morgan fingerprint density at radius 3 is 2.45 bits per heavy atom. The zero-order chi connectivity index (χ0) is 23.2. The maximum Gasteiger partial charge on any atom is 0.238 e. The van der Waals surface area contributed by atoms with E-state index >= 15 is 0 Å². The molecule has 2 N–H and O–H groups in total. The van der Waals surface area contributed by atoms with Gasteiger partial charge in [0.2, 0.25) is 11.8 Å². The number of hydrogen-bond acceptors (Lipinski definition) is 5. The number of carbonyl (C=O) groups excluding carboxylic acids is 2. The lowest BCUT2D eigenvalue weighted by Crippen LogP contribution is -2.37. The predicted molar refractivity (Wildman–Crippen MR) is 132 cm³/mol. The van der Waals surface area contributed by atoms with Crippen LogP contribution in [0.3, 0.4) is 0 Å². The maximum absolute atomic E-state index is 12.7. The average molecular weight is 446 g/mol. The molecule has 2 amide bonds. The highest BCUT2D eigenvalue weighted by atomic mass is 16.2. The van der Waals surface area contributed by atoms with Crippen LogP contribution in [-0.2, 0) is 16.0 Å². The van der Waals surface area contributed by atoms with Gasteiger partial charge < -0.3 is 15.5 Å². The second-order valence-corrected chi connectivity index (χ2v) is 8.87. The van der Waals surface area contributed by atoms with Gasteiger partial charge in [-0.3, -0.25) is 19.5 Å². The number of hydrogen-bond donors (Lipinski definition) is 2. The van der Waals surface area contributed by atoms with Crippen molar-refractivity contribution in [2.24, 2.45) is 5.92 Å². The number of likely N-dealkylation sites (N-methyl/N-ethyl adjacent to an activating group) is 1. The van der Waals surface area contributed by atoms with Crippen LogP contribution in [0.15, 0.2) is 60.8 Å². The molecule has 172 valence electrons. The molecule has 0 radical (unpaired) electrons. The fraction of sp³-hybridized carbons (Fsp3) is 0.346. The number of aromatic nitrogens is 1. The van der Waals surface area contributed by atoms with Crippen LogP contribution in [0.25, 0.3) is 10.9 Å². The minimum absolute atomic E-state index is 0.0302. The maximum atomic E-state index is 12.7. The van der Waals surface area contributed by atoms with Gasteiger partial charge in [0.15, 0.2) is 0 Å². The van der Waals surface area contributed by atoms with Gasteiger partial charge in [-0.2, -0.15) is 0 Å². The van der Waals surface area contributed by atoms with Crippen molar-refractivity contribution in [3.63, 3.8) is 0 Å². The van der Waals surface area contributed by atoms with Gasteiger partial charge in [-0.05, 0) is 55.3 Å². The SMILES string of the molecule is CC(=O)Nc1ccc(NC(=O)CN2CCN(C)C[C@@H](Cc3cccc4cccnc34)C2)cc1. The molecule has 33 heavy (non-hydrogen) atoms. The Labute approximate surface area is 194 Å². The summed E-state index contributed by atoms with van der Waals surface area (Å²) in [6.45, 7) is 5.47. The van der Waals surface area contributed by atoms with Crippen LogP contribution >= 0.6 is 0 Å². The van der Waals surface area contributed by atoms with Crippen molar-refractivity contribution < 1.29 is 9.59 Å². The van der Waals surface area contributed by atoms with Crippen LogP contribution in [-0.4, -0.2) is 66.4 Å². The Balaban J connectivity index is 1.38. The summed E-state index contributed by atoms with van der Waals surface area (Å²) in [5.74, 6) is 0.263. The molecule has 1 atom stereocenters. The number of amides is 2. The first kappa shape index (κ1) is 22.9. The molecule has 0 saturated carbocycles. The molecule has 7 heteroatoms. The van der Waals surface area contributed by atoms with Gasteiger partial charge in [-0.25, -0.2) is 0 Å². The summed E-state index contributed by atoms with van der Waals surface area (Å²) >= 11 is 0. The quantitative estimate of drug-likeness (QED) is 0.609. The van der Waals surface area contributed by atoms with Crippen molar-refractivity contribution in [3.8, 4) is 0 Å². The topological polar surface area (TPSA) is 77.6 Å². The number of fused-ring (bicyclic) bond motifs is 1. The van der Waals surface area contributed by atoms with E-state index in [4.69, 9.17) is 0 Å². The first-order valence-corrected chi connectivity index (χ1v) is 11.4. The van der Waals surface area contributed by atoms with Crippen LogP contribution in [0.4, 0.5) is 11.4 Å². The largest absolute Gasteiger partial charge is 0.326 e. The molecule has 0 unspecified atom stereocenters. The third kappa shape index (κ3) is 6.37. The summed E-state index contributed by atoms with van der Waals surface area (Å²) < 4.78 is 0. The Morgan fingerprint density at radius 1 is 0.970 bits per heavy atom. The van der Waals surface area contributed by atoms with E-state index in [0.29, 0.717) is 18.2 Å². The monoisotopic (exact) mass is 445 g/mol. The lowest BCUT2D eigenvalue weighted by atomic mass is 9.96. The number of para-hydroxylation sites is 1. The van der Waals surface area contributed by atoms with E-state index < -0.39 is 0 Å². The minimum atomic E-state index is -0.119. The zero-order valence-electron chi connectivity index (χ0n) is 19.3. The fourth-order valence-electron chi connectivity index (χ4n) is 4.52. The number of carbonyl (C=O) groups is 2. The summed E-state index contributed by atoms with van der Waals surface area (Å²) in [5, 5.41) is 6.87. The highest BCUT2D eigenvalue weighted by molar-refractivity contribution is 5.93. The molecular formula is C26H31N5O2. The summed E-state index contributed by atoms with van der Waals surface area (Å²) in [6.07, 6.45) is 2.78. The van der Waals surface area contributed by atoms with Gasteiger partial charge >= 0.3 is 0 Å². The number of nitrogens with zero attached hydrogens (tertiary/aromatic N) is 3. The molecule has 2 heterocycles. The van der Waals surface area contributed by atoms with Crippen LogP contribution < -0.4 is 10.6 Å². The van der Waals surface area contributed by atoms with E-state index in [1.807, 2.05) is 12.3 Å². The normalized spacial score (nSPS) is 17.5. The van der Waals surface area contributed by atoms with E-state index in [2.05, 4.69) is 56.7 Å². The highest BCUT2D eigenvalue weighted by Crippen LogP contribution is 2.21. The Hall–Kier alpha value is -3.29. The second kappa shape index (κ2) is 10.6. The first-order valence-electron chi connectivity index (χ1n) is 11.4. The smallest absolute Gasteiger partial charge is 0.238 e. The average Bonchev–Trinajstić information content (AvgIpc) is 2.95. The number of nitrogens with one attached hydrogen (secondary N) is 2. The molecule has 4 rings (SSSR count). The summed E-state index contributed by atoms with van der Waals surface area (Å²) in [7, 11) is 2.15. The molecule has 1 fully saturated rings. The van der Waals surface area contributed by atoms with Crippen molar-refractivity contribution in [1.29, 1.82) is 0 Å². The van der Waals surface area contributed by atoms with Gasteiger partial charge in [0.05, 0.1) is 12.1 Å². The van der Waals surface area contributed by atoms with E-state index in [-0.39, 0.29) is 11.8 Å². The standard InChI is InChI=1S/C26H31N5O2/c1-19(32)28-23-8-10-24(11-9-23)29-25(33)18-31-14-13-30(2)16-20(17-31)15-22-6-3-5-21-7-4-12-27-26(21)22/h3-12,20H,13-18H2,1-2H3,(H,28,32)(H,29,33)/t20-/m1/s1. The van der Waals surface area contributed by atoms with Crippen molar-refractivity contribution in [2.45, 2.75) is 13.3 Å². The van der Waals surface area contributed by atoms with Crippen molar-refractivity contribution >= 4 is 34.1 Å². The van der Waals surface area contributed by atoms with E-state index in [1.54, 1.807) is 24.3 Å². The Bertz CT molecular complexity index is 1110. The summed E-state index contributed by atoms with van der Waals surface area (Å²) in [6, 6.07) is 17.6. The van der Waals surface area contributed by atoms with E-state index in [1.165, 1.54) is 12.5 Å². The molecule has 1 aliphatic rings. The number of pyridine rings is 1. The van der Waals surface area contributed by atoms with Gasteiger partial charge in [0.1, 0.15) is 0 Å². The number of benzene rings is 2. The van der Waals surface area contributed by atoms with Crippen LogP contribution in [0.1, 0.15) is 12.5 Å². The number of anilines is 2.